The smallest absolute Gasteiger partial charge is 0.254 e. The molecule has 1 fully saturated rings. The number of hydrogen-bond donors (Lipinski definition) is 1. The summed E-state index contributed by atoms with van der Waals surface area (Å²) in [7, 11) is 1.65. The van der Waals surface area contributed by atoms with Crippen molar-refractivity contribution in [2.24, 2.45) is 0 Å². The Bertz CT molecular complexity index is 1400. The maximum atomic E-state index is 13.5. The average Bonchev–Trinajstić information content (AvgIpc) is 3.60. The van der Waals surface area contributed by atoms with E-state index in [1.165, 1.54) is 18.4 Å². The lowest BCUT2D eigenvalue weighted by Crippen LogP contribution is -2.39. The minimum Gasteiger partial charge on any atom is -0.497 e. The Morgan fingerprint density at radius 3 is 2.76 bits per heavy atom. The normalized spacial score (nSPS) is 19.0. The topological polar surface area (TPSA) is 88.9 Å². The van der Waals surface area contributed by atoms with Gasteiger partial charge in [-0.25, -0.2) is 4.68 Å². The molecule has 2 aromatic carbocycles. The lowest BCUT2D eigenvalue weighted by atomic mass is 10.0. The van der Waals surface area contributed by atoms with Gasteiger partial charge < -0.3 is 14.6 Å². The predicted octanol–water partition coefficient (Wildman–Crippen LogP) is 4.18. The molecule has 8 heteroatoms. The van der Waals surface area contributed by atoms with E-state index in [1.54, 1.807) is 7.11 Å². The SMILES string of the molecule is COc1ccc2[nH]c(=O)c([C@H](c3nnnn3C3CCCC3)N3c4ccccc4C[C@@H]3C)cc2c1. The summed E-state index contributed by atoms with van der Waals surface area (Å²) in [5.41, 5.74) is 3.70. The number of para-hydroxylation sites is 1. The zero-order valence-electron chi connectivity index (χ0n) is 19.4. The largest absolute Gasteiger partial charge is 0.497 e. The molecule has 1 aliphatic carbocycles. The third kappa shape index (κ3) is 3.36. The van der Waals surface area contributed by atoms with E-state index in [1.807, 2.05) is 28.9 Å². The van der Waals surface area contributed by atoms with E-state index in [0.29, 0.717) is 5.56 Å². The molecule has 0 spiro atoms. The summed E-state index contributed by atoms with van der Waals surface area (Å²) in [5.74, 6) is 1.47. The second-order valence-electron chi connectivity index (χ2n) is 9.42. The van der Waals surface area contributed by atoms with Crippen LogP contribution in [0.1, 0.15) is 61.6 Å². The number of aromatic nitrogens is 5. The number of nitrogens with one attached hydrogen (secondary N) is 1. The monoisotopic (exact) mass is 456 g/mol. The van der Waals surface area contributed by atoms with Gasteiger partial charge in [0.1, 0.15) is 11.8 Å². The molecule has 1 saturated carbocycles. The first-order valence-corrected chi connectivity index (χ1v) is 12.0. The van der Waals surface area contributed by atoms with Crippen LogP contribution in [0.15, 0.2) is 53.3 Å². The van der Waals surface area contributed by atoms with Gasteiger partial charge in [0.25, 0.3) is 5.56 Å². The molecule has 6 rings (SSSR count). The molecule has 0 amide bonds. The second kappa shape index (κ2) is 8.27. The first kappa shape index (κ1) is 20.9. The number of nitrogens with zero attached hydrogens (tertiary/aromatic N) is 5. The number of fused-ring (bicyclic) bond motifs is 2. The van der Waals surface area contributed by atoms with Gasteiger partial charge in [0.05, 0.1) is 13.2 Å². The van der Waals surface area contributed by atoms with Gasteiger partial charge in [-0.1, -0.05) is 31.0 Å². The molecule has 2 aromatic heterocycles. The number of methoxy groups -OCH3 is 1. The average molecular weight is 457 g/mol. The molecule has 1 aliphatic heterocycles. The Kier molecular flexibility index (Phi) is 5.08. The van der Waals surface area contributed by atoms with Crippen LogP contribution >= 0.6 is 0 Å². The summed E-state index contributed by atoms with van der Waals surface area (Å²) < 4.78 is 7.41. The summed E-state index contributed by atoms with van der Waals surface area (Å²) in [4.78, 5) is 19.0. The summed E-state index contributed by atoms with van der Waals surface area (Å²) >= 11 is 0. The maximum absolute atomic E-state index is 13.5. The molecular weight excluding hydrogens is 428 g/mol. The molecule has 2 atom stereocenters. The van der Waals surface area contributed by atoms with Crippen LogP contribution < -0.4 is 15.2 Å². The van der Waals surface area contributed by atoms with E-state index in [9.17, 15) is 4.79 Å². The molecule has 3 heterocycles. The van der Waals surface area contributed by atoms with Crippen molar-refractivity contribution < 1.29 is 4.74 Å². The summed E-state index contributed by atoms with van der Waals surface area (Å²) in [6, 6.07) is 16.1. The third-order valence-corrected chi connectivity index (χ3v) is 7.35. The van der Waals surface area contributed by atoms with Crippen LogP contribution in [0.5, 0.6) is 5.75 Å². The van der Waals surface area contributed by atoms with Crippen LogP contribution in [0.25, 0.3) is 10.9 Å². The van der Waals surface area contributed by atoms with Crippen LogP contribution in [0.2, 0.25) is 0 Å². The van der Waals surface area contributed by atoms with Crippen LogP contribution in [-0.2, 0) is 6.42 Å². The van der Waals surface area contributed by atoms with Gasteiger partial charge in [-0.15, -0.1) is 5.10 Å². The summed E-state index contributed by atoms with van der Waals surface area (Å²) in [6.07, 6.45) is 5.38. The number of tetrazole rings is 1. The fourth-order valence-corrected chi connectivity index (χ4v) is 5.72. The highest BCUT2D eigenvalue weighted by molar-refractivity contribution is 5.81. The van der Waals surface area contributed by atoms with E-state index in [0.717, 1.165) is 47.4 Å². The highest BCUT2D eigenvalue weighted by Crippen LogP contribution is 2.42. The van der Waals surface area contributed by atoms with Crippen molar-refractivity contribution in [3.8, 4) is 5.75 Å². The first-order valence-electron chi connectivity index (χ1n) is 12.0. The van der Waals surface area contributed by atoms with Crippen molar-refractivity contribution in [2.75, 3.05) is 12.0 Å². The van der Waals surface area contributed by atoms with Crippen molar-refractivity contribution in [3.05, 3.63) is 75.8 Å². The van der Waals surface area contributed by atoms with E-state index in [2.05, 4.69) is 56.6 Å². The van der Waals surface area contributed by atoms with E-state index < -0.39 is 6.04 Å². The molecule has 8 nitrogen and oxygen atoms in total. The Balaban J connectivity index is 1.58. The lowest BCUT2D eigenvalue weighted by molar-refractivity contribution is 0.415. The highest BCUT2D eigenvalue weighted by atomic mass is 16.5. The molecule has 0 saturated heterocycles. The molecule has 0 radical (unpaired) electrons. The summed E-state index contributed by atoms with van der Waals surface area (Å²) in [5, 5.41) is 13.9. The van der Waals surface area contributed by atoms with Crippen LogP contribution in [0, 0.1) is 0 Å². The molecule has 0 unspecified atom stereocenters. The van der Waals surface area contributed by atoms with E-state index in [4.69, 9.17) is 4.74 Å². The minimum atomic E-state index is -0.409. The number of anilines is 1. The van der Waals surface area contributed by atoms with Gasteiger partial charge in [0.2, 0.25) is 0 Å². The van der Waals surface area contributed by atoms with Crippen molar-refractivity contribution in [3.63, 3.8) is 0 Å². The number of benzene rings is 2. The molecule has 0 bridgehead atoms. The quantitative estimate of drug-likeness (QED) is 0.485. The zero-order chi connectivity index (χ0) is 23.2. The molecule has 34 heavy (non-hydrogen) atoms. The number of aromatic amines is 1. The predicted molar refractivity (Wildman–Crippen MR) is 130 cm³/mol. The van der Waals surface area contributed by atoms with Crippen LogP contribution in [0.3, 0.4) is 0 Å². The third-order valence-electron chi connectivity index (χ3n) is 7.35. The van der Waals surface area contributed by atoms with Crippen molar-refractivity contribution >= 4 is 16.6 Å². The fourth-order valence-electron chi connectivity index (χ4n) is 5.72. The van der Waals surface area contributed by atoms with Gasteiger partial charge in [-0.3, -0.25) is 4.79 Å². The van der Waals surface area contributed by atoms with Crippen molar-refractivity contribution in [2.45, 2.75) is 57.2 Å². The van der Waals surface area contributed by atoms with Gasteiger partial charge in [0.15, 0.2) is 5.82 Å². The molecule has 1 N–H and O–H groups in total. The van der Waals surface area contributed by atoms with Gasteiger partial charge in [-0.2, -0.15) is 0 Å². The number of rotatable bonds is 5. The standard InChI is InChI=1S/C26H28N6O2/c1-16-13-17-7-3-6-10-23(17)31(16)24(25-28-29-30-32(25)19-8-4-5-9-19)21-15-18-14-20(34-2)11-12-22(18)27-26(21)33/h3,6-7,10-12,14-16,19,24H,4-5,8-9,13H2,1-2H3,(H,27,33)/t16-,24+/m0/s1. The molecule has 2 aliphatic rings. The number of H-pyrrole nitrogens is 1. The van der Waals surface area contributed by atoms with Gasteiger partial charge in [-0.05, 0) is 72.5 Å². The second-order valence-corrected chi connectivity index (χ2v) is 9.42. The Morgan fingerprint density at radius 1 is 1.12 bits per heavy atom. The first-order chi connectivity index (χ1) is 16.6. The fraction of sp³-hybridized carbons (Fsp3) is 0.385. The van der Waals surface area contributed by atoms with Gasteiger partial charge >= 0.3 is 0 Å². The molecule has 4 aromatic rings. The lowest BCUT2D eigenvalue weighted by Gasteiger charge is -2.34. The van der Waals surface area contributed by atoms with E-state index >= 15 is 0 Å². The summed E-state index contributed by atoms with van der Waals surface area (Å²) in [6.45, 7) is 2.20. The Labute approximate surface area is 197 Å². The van der Waals surface area contributed by atoms with Gasteiger partial charge in [0, 0.05) is 28.2 Å². The van der Waals surface area contributed by atoms with E-state index in [-0.39, 0.29) is 17.6 Å². The minimum absolute atomic E-state index is 0.125. The Morgan fingerprint density at radius 2 is 1.94 bits per heavy atom. The molecule has 174 valence electrons. The highest BCUT2D eigenvalue weighted by Gasteiger charge is 2.39. The van der Waals surface area contributed by atoms with Crippen molar-refractivity contribution in [1.29, 1.82) is 0 Å². The van der Waals surface area contributed by atoms with Crippen LogP contribution in [0.4, 0.5) is 5.69 Å². The number of pyridine rings is 1. The Hall–Kier alpha value is -3.68. The van der Waals surface area contributed by atoms with Crippen molar-refractivity contribution in [1.82, 2.24) is 25.2 Å². The maximum Gasteiger partial charge on any atom is 0.254 e. The number of hydrogen-bond acceptors (Lipinski definition) is 6. The number of ether oxygens (including phenoxy) is 1. The van der Waals surface area contributed by atoms with Crippen LogP contribution in [-0.4, -0.2) is 38.3 Å². The molecular formula is C26H28N6O2. The zero-order valence-corrected chi connectivity index (χ0v) is 19.4.